The monoisotopic (exact) mass is 272 g/mol. The predicted octanol–water partition coefficient (Wildman–Crippen LogP) is 0.715. The Bertz CT molecular complexity index is 292. The lowest BCUT2D eigenvalue weighted by Crippen LogP contribution is -2.52. The lowest BCUT2D eigenvalue weighted by molar-refractivity contribution is -0.144. The fraction of sp³-hybridized carbons (Fsp3) is 0.929. The highest BCUT2D eigenvalue weighted by atomic mass is 16.5. The van der Waals surface area contributed by atoms with Gasteiger partial charge in [0, 0.05) is 19.6 Å². The van der Waals surface area contributed by atoms with E-state index in [4.69, 9.17) is 4.74 Å². The maximum Gasteiger partial charge on any atom is 0.236 e. The number of ether oxygens (including phenoxy) is 1. The second-order valence-electron chi connectivity index (χ2n) is 6.17. The normalized spacial score (nSPS) is 24.9. The Morgan fingerprint density at radius 2 is 1.89 bits per heavy atom. The van der Waals surface area contributed by atoms with Crippen molar-refractivity contribution < 1.29 is 14.6 Å². The quantitative estimate of drug-likeness (QED) is 0.801. The van der Waals surface area contributed by atoms with Gasteiger partial charge in [-0.05, 0) is 34.2 Å². The number of amides is 1. The molecule has 0 spiro atoms. The molecular formula is C14H28N2O3. The van der Waals surface area contributed by atoms with Crippen LogP contribution in [-0.4, -0.2) is 71.3 Å². The van der Waals surface area contributed by atoms with Crippen LogP contribution in [0.15, 0.2) is 0 Å². The molecule has 19 heavy (non-hydrogen) atoms. The van der Waals surface area contributed by atoms with Crippen LogP contribution in [0.2, 0.25) is 0 Å². The van der Waals surface area contributed by atoms with Crippen LogP contribution in [0.25, 0.3) is 0 Å². The van der Waals surface area contributed by atoms with Crippen LogP contribution in [0.5, 0.6) is 0 Å². The van der Waals surface area contributed by atoms with Crippen LogP contribution < -0.4 is 0 Å². The van der Waals surface area contributed by atoms with E-state index in [2.05, 4.69) is 0 Å². The molecule has 5 nitrogen and oxygen atoms in total. The third kappa shape index (κ3) is 5.89. The number of aliphatic hydroxyl groups is 1. The highest BCUT2D eigenvalue weighted by molar-refractivity contribution is 5.78. The van der Waals surface area contributed by atoms with Gasteiger partial charge in [0.05, 0.1) is 24.4 Å². The minimum atomic E-state index is -0.776. The smallest absolute Gasteiger partial charge is 0.236 e. The van der Waals surface area contributed by atoms with Gasteiger partial charge in [0.15, 0.2) is 0 Å². The summed E-state index contributed by atoms with van der Waals surface area (Å²) >= 11 is 0. The van der Waals surface area contributed by atoms with Crippen LogP contribution in [-0.2, 0) is 9.53 Å². The molecule has 112 valence electrons. The van der Waals surface area contributed by atoms with Gasteiger partial charge in [0.25, 0.3) is 0 Å². The Hall–Kier alpha value is -0.650. The van der Waals surface area contributed by atoms with Crippen LogP contribution in [0.3, 0.4) is 0 Å². The second kappa shape index (κ2) is 6.68. The van der Waals surface area contributed by atoms with E-state index in [0.29, 0.717) is 26.2 Å². The predicted molar refractivity (Wildman–Crippen MR) is 75.0 cm³/mol. The highest BCUT2D eigenvalue weighted by Crippen LogP contribution is 2.12. The van der Waals surface area contributed by atoms with Crippen molar-refractivity contribution >= 4 is 5.91 Å². The summed E-state index contributed by atoms with van der Waals surface area (Å²) in [6, 6.07) is 0. The van der Waals surface area contributed by atoms with E-state index in [-0.39, 0.29) is 18.1 Å². The first-order chi connectivity index (χ1) is 8.71. The number of carbonyl (C=O) groups is 1. The highest BCUT2D eigenvalue weighted by Gasteiger charge is 2.27. The van der Waals surface area contributed by atoms with Crippen molar-refractivity contribution in [2.45, 2.75) is 52.4 Å². The van der Waals surface area contributed by atoms with E-state index in [1.54, 1.807) is 13.8 Å². The summed E-state index contributed by atoms with van der Waals surface area (Å²) in [7, 11) is 0. The van der Waals surface area contributed by atoms with E-state index in [1.807, 2.05) is 30.6 Å². The average Bonchev–Trinajstić information content (AvgIpc) is 2.24. The topological polar surface area (TPSA) is 53.0 Å². The summed E-state index contributed by atoms with van der Waals surface area (Å²) in [5.41, 5.74) is -0.776. The molecule has 0 aromatic rings. The molecule has 5 heteroatoms. The van der Waals surface area contributed by atoms with E-state index in [1.165, 1.54) is 0 Å². The average molecular weight is 272 g/mol. The zero-order valence-electron chi connectivity index (χ0n) is 12.8. The van der Waals surface area contributed by atoms with Gasteiger partial charge >= 0.3 is 0 Å². The first kappa shape index (κ1) is 16.4. The first-order valence-corrected chi connectivity index (χ1v) is 7.09. The molecule has 1 aliphatic rings. The Morgan fingerprint density at radius 1 is 1.37 bits per heavy atom. The Kier molecular flexibility index (Phi) is 5.77. The number of carbonyl (C=O) groups excluding carboxylic acids is 1. The molecule has 0 saturated carbocycles. The van der Waals surface area contributed by atoms with E-state index in [9.17, 15) is 9.90 Å². The van der Waals surface area contributed by atoms with Gasteiger partial charge in [0.2, 0.25) is 5.91 Å². The molecule has 1 rings (SSSR count). The van der Waals surface area contributed by atoms with Gasteiger partial charge in [0.1, 0.15) is 0 Å². The standard InChI is InChI=1S/C14H28N2O3/c1-6-15(10-14(4,5)18)9-13(17)16-7-11(2)19-12(3)8-16/h11-12,18H,6-10H2,1-5H3. The molecule has 1 aliphatic heterocycles. The van der Waals surface area contributed by atoms with Crippen LogP contribution in [0.4, 0.5) is 0 Å². The maximum absolute atomic E-state index is 12.3. The third-order valence-electron chi connectivity index (χ3n) is 3.19. The molecule has 0 aliphatic carbocycles. The summed E-state index contributed by atoms with van der Waals surface area (Å²) in [4.78, 5) is 16.1. The Morgan fingerprint density at radius 3 is 2.32 bits per heavy atom. The number of hydrogen-bond acceptors (Lipinski definition) is 4. The van der Waals surface area contributed by atoms with Gasteiger partial charge in [-0.25, -0.2) is 0 Å². The fourth-order valence-corrected chi connectivity index (χ4v) is 2.50. The van der Waals surface area contributed by atoms with E-state index >= 15 is 0 Å². The van der Waals surface area contributed by atoms with Crippen molar-refractivity contribution in [3.63, 3.8) is 0 Å². The number of hydrogen-bond donors (Lipinski definition) is 1. The molecule has 2 atom stereocenters. The molecule has 1 amide bonds. The Labute approximate surface area is 116 Å². The van der Waals surface area contributed by atoms with Crippen molar-refractivity contribution in [3.05, 3.63) is 0 Å². The zero-order chi connectivity index (χ0) is 14.6. The second-order valence-corrected chi connectivity index (χ2v) is 6.17. The molecule has 0 aromatic heterocycles. The van der Waals surface area contributed by atoms with E-state index < -0.39 is 5.60 Å². The molecule has 0 radical (unpaired) electrons. The van der Waals surface area contributed by atoms with Crippen molar-refractivity contribution in [3.8, 4) is 0 Å². The number of rotatable bonds is 5. The molecule has 0 aromatic carbocycles. The van der Waals surface area contributed by atoms with Gasteiger partial charge in [-0.15, -0.1) is 0 Å². The van der Waals surface area contributed by atoms with Crippen LogP contribution in [0, 0.1) is 0 Å². The number of likely N-dealkylation sites (N-methyl/N-ethyl adjacent to an activating group) is 1. The van der Waals surface area contributed by atoms with Crippen molar-refractivity contribution in [1.82, 2.24) is 9.80 Å². The molecule has 1 fully saturated rings. The summed E-state index contributed by atoms with van der Waals surface area (Å²) < 4.78 is 5.63. The van der Waals surface area contributed by atoms with Gasteiger partial charge < -0.3 is 14.7 Å². The lowest BCUT2D eigenvalue weighted by atomic mass is 10.1. The minimum absolute atomic E-state index is 0.0945. The van der Waals surface area contributed by atoms with Crippen LogP contribution >= 0.6 is 0 Å². The number of morpholine rings is 1. The SMILES string of the molecule is CCN(CC(=O)N1CC(C)OC(C)C1)CC(C)(C)O. The minimum Gasteiger partial charge on any atom is -0.389 e. The molecule has 2 unspecified atom stereocenters. The molecular weight excluding hydrogens is 244 g/mol. The summed E-state index contributed by atoms with van der Waals surface area (Å²) in [5.74, 6) is 0.119. The van der Waals surface area contributed by atoms with Crippen molar-refractivity contribution in [2.75, 3.05) is 32.7 Å². The Balaban J connectivity index is 2.52. The first-order valence-electron chi connectivity index (χ1n) is 7.09. The summed E-state index contributed by atoms with van der Waals surface area (Å²) in [5, 5.41) is 9.84. The molecule has 0 bridgehead atoms. The number of nitrogens with zero attached hydrogens (tertiary/aromatic N) is 2. The van der Waals surface area contributed by atoms with Crippen LogP contribution in [0.1, 0.15) is 34.6 Å². The van der Waals surface area contributed by atoms with Gasteiger partial charge in [-0.3, -0.25) is 9.69 Å². The lowest BCUT2D eigenvalue weighted by Gasteiger charge is -2.37. The van der Waals surface area contributed by atoms with Gasteiger partial charge in [-0.1, -0.05) is 6.92 Å². The van der Waals surface area contributed by atoms with Gasteiger partial charge in [-0.2, -0.15) is 0 Å². The third-order valence-corrected chi connectivity index (χ3v) is 3.19. The largest absolute Gasteiger partial charge is 0.389 e. The molecule has 1 N–H and O–H groups in total. The molecule has 1 heterocycles. The van der Waals surface area contributed by atoms with E-state index in [0.717, 1.165) is 6.54 Å². The summed E-state index contributed by atoms with van der Waals surface area (Å²) in [6.07, 6.45) is 0.189. The zero-order valence-corrected chi connectivity index (χ0v) is 12.8. The van der Waals surface area contributed by atoms with Crippen molar-refractivity contribution in [2.24, 2.45) is 0 Å². The summed E-state index contributed by atoms with van der Waals surface area (Å²) in [6.45, 7) is 12.4. The van der Waals surface area contributed by atoms with Crippen molar-refractivity contribution in [1.29, 1.82) is 0 Å². The fourth-order valence-electron chi connectivity index (χ4n) is 2.50. The maximum atomic E-state index is 12.3. The molecule has 1 saturated heterocycles.